The fourth-order valence-electron chi connectivity index (χ4n) is 4.85. The van der Waals surface area contributed by atoms with E-state index in [2.05, 4.69) is 100 Å². The summed E-state index contributed by atoms with van der Waals surface area (Å²) in [7, 11) is 0. The van der Waals surface area contributed by atoms with Crippen molar-refractivity contribution < 1.29 is 0 Å². The number of nitrogens with zero attached hydrogens (tertiary/aromatic N) is 1. The van der Waals surface area contributed by atoms with Crippen molar-refractivity contribution in [2.75, 3.05) is 19.6 Å². The van der Waals surface area contributed by atoms with E-state index in [0.717, 1.165) is 19.5 Å². The number of rotatable bonds is 7. The third-order valence-corrected chi connectivity index (χ3v) is 6.52. The number of para-hydroxylation sites is 1. The van der Waals surface area contributed by atoms with Gasteiger partial charge in [-0.05, 0) is 61.7 Å². The molecule has 5 rings (SSSR count). The lowest BCUT2D eigenvalue weighted by atomic mass is 10.0. The third kappa shape index (κ3) is 4.73. The molecule has 0 saturated carbocycles. The van der Waals surface area contributed by atoms with Crippen molar-refractivity contribution in [3.8, 4) is 11.3 Å². The molecule has 1 aliphatic rings. The van der Waals surface area contributed by atoms with Crippen molar-refractivity contribution in [1.29, 1.82) is 0 Å². The average Bonchev–Trinajstić information content (AvgIpc) is 3.20. The summed E-state index contributed by atoms with van der Waals surface area (Å²) in [5.74, 6) is 0. The molecule has 1 aromatic heterocycles. The predicted octanol–water partition coefficient (Wildman–Crippen LogP) is 5.63. The summed E-state index contributed by atoms with van der Waals surface area (Å²) < 4.78 is 0. The molecule has 0 radical (unpaired) electrons. The van der Waals surface area contributed by atoms with Gasteiger partial charge in [-0.3, -0.25) is 4.90 Å². The molecule has 3 aromatic carbocycles. The highest BCUT2D eigenvalue weighted by molar-refractivity contribution is 5.90. The second kappa shape index (κ2) is 9.51. The van der Waals surface area contributed by atoms with Crippen LogP contribution in [0.15, 0.2) is 84.9 Å². The van der Waals surface area contributed by atoms with Gasteiger partial charge in [0.1, 0.15) is 0 Å². The molecule has 0 amide bonds. The SMILES string of the molecule is c1ccc(CN2CCC(NCCc3c(-c4ccccc4)[nH]c4ccccc34)CC2)cc1. The summed E-state index contributed by atoms with van der Waals surface area (Å²) in [6.07, 6.45) is 3.50. The number of nitrogens with one attached hydrogen (secondary N) is 2. The minimum atomic E-state index is 0.623. The summed E-state index contributed by atoms with van der Waals surface area (Å²) in [6, 6.07) is 30.8. The maximum absolute atomic E-state index is 3.85. The molecule has 1 fully saturated rings. The first-order valence-corrected chi connectivity index (χ1v) is 11.5. The van der Waals surface area contributed by atoms with Crippen molar-refractivity contribution in [3.05, 3.63) is 96.1 Å². The zero-order valence-corrected chi connectivity index (χ0v) is 18.1. The number of H-pyrrole nitrogens is 1. The normalized spacial score (nSPS) is 15.5. The van der Waals surface area contributed by atoms with Crippen molar-refractivity contribution in [3.63, 3.8) is 0 Å². The van der Waals surface area contributed by atoms with E-state index in [0.29, 0.717) is 6.04 Å². The van der Waals surface area contributed by atoms with Gasteiger partial charge in [0.15, 0.2) is 0 Å². The Hall–Kier alpha value is -2.88. The number of likely N-dealkylation sites (tertiary alicyclic amines) is 1. The molecule has 2 heterocycles. The minimum Gasteiger partial charge on any atom is -0.354 e. The Morgan fingerprint density at radius 2 is 1.48 bits per heavy atom. The van der Waals surface area contributed by atoms with E-state index >= 15 is 0 Å². The fraction of sp³-hybridized carbons (Fsp3) is 0.286. The molecule has 31 heavy (non-hydrogen) atoms. The molecule has 1 saturated heterocycles. The van der Waals surface area contributed by atoms with E-state index in [1.165, 1.54) is 59.2 Å². The molecular weight excluding hydrogens is 378 g/mol. The second-order valence-electron chi connectivity index (χ2n) is 8.63. The van der Waals surface area contributed by atoms with Gasteiger partial charge in [0.05, 0.1) is 0 Å². The lowest BCUT2D eigenvalue weighted by molar-refractivity contribution is 0.191. The summed E-state index contributed by atoms with van der Waals surface area (Å²) in [5, 5.41) is 5.20. The van der Waals surface area contributed by atoms with Crippen LogP contribution in [-0.4, -0.2) is 35.6 Å². The minimum absolute atomic E-state index is 0.623. The highest BCUT2D eigenvalue weighted by Gasteiger charge is 2.19. The van der Waals surface area contributed by atoms with Gasteiger partial charge in [-0.1, -0.05) is 78.9 Å². The number of hydrogen-bond donors (Lipinski definition) is 2. The van der Waals surface area contributed by atoms with Crippen molar-refractivity contribution in [2.45, 2.75) is 31.8 Å². The van der Waals surface area contributed by atoms with Gasteiger partial charge >= 0.3 is 0 Å². The van der Waals surface area contributed by atoms with Crippen LogP contribution in [0.5, 0.6) is 0 Å². The standard InChI is InChI=1S/C28H31N3/c1-3-9-22(10-4-1)21-31-19-16-24(17-20-31)29-18-15-26-25-13-7-8-14-27(25)30-28(26)23-11-5-2-6-12-23/h1-14,24,29-30H,15-21H2. The highest BCUT2D eigenvalue weighted by Crippen LogP contribution is 2.30. The van der Waals surface area contributed by atoms with Gasteiger partial charge in [0, 0.05) is 29.2 Å². The van der Waals surface area contributed by atoms with E-state index in [1.807, 2.05) is 0 Å². The molecule has 3 nitrogen and oxygen atoms in total. The Morgan fingerprint density at radius 1 is 0.806 bits per heavy atom. The Bertz CT molecular complexity index is 1090. The molecule has 4 aromatic rings. The molecule has 3 heteroatoms. The number of fused-ring (bicyclic) bond motifs is 1. The summed E-state index contributed by atoms with van der Waals surface area (Å²) in [5.41, 5.74) is 6.60. The molecule has 2 N–H and O–H groups in total. The monoisotopic (exact) mass is 409 g/mol. The first-order valence-electron chi connectivity index (χ1n) is 11.5. The Labute approximate surface area is 185 Å². The number of piperidine rings is 1. The third-order valence-electron chi connectivity index (χ3n) is 6.52. The zero-order valence-electron chi connectivity index (χ0n) is 18.1. The molecule has 0 aliphatic carbocycles. The highest BCUT2D eigenvalue weighted by atomic mass is 15.1. The number of aromatic nitrogens is 1. The molecule has 0 unspecified atom stereocenters. The maximum Gasteiger partial charge on any atom is 0.0497 e. The van der Waals surface area contributed by atoms with Crippen LogP contribution >= 0.6 is 0 Å². The van der Waals surface area contributed by atoms with Crippen LogP contribution in [0.1, 0.15) is 24.0 Å². The van der Waals surface area contributed by atoms with Crippen LogP contribution in [0.2, 0.25) is 0 Å². The van der Waals surface area contributed by atoms with E-state index in [4.69, 9.17) is 0 Å². The molecule has 0 atom stereocenters. The van der Waals surface area contributed by atoms with Gasteiger partial charge in [-0.25, -0.2) is 0 Å². The predicted molar refractivity (Wildman–Crippen MR) is 130 cm³/mol. The zero-order chi connectivity index (χ0) is 20.9. The molecular formula is C28H31N3. The second-order valence-corrected chi connectivity index (χ2v) is 8.63. The van der Waals surface area contributed by atoms with Crippen LogP contribution in [-0.2, 0) is 13.0 Å². The smallest absolute Gasteiger partial charge is 0.0497 e. The largest absolute Gasteiger partial charge is 0.354 e. The summed E-state index contributed by atoms with van der Waals surface area (Å²) >= 11 is 0. The Kier molecular flexibility index (Phi) is 6.15. The molecule has 1 aliphatic heterocycles. The van der Waals surface area contributed by atoms with E-state index in [-0.39, 0.29) is 0 Å². The van der Waals surface area contributed by atoms with E-state index in [1.54, 1.807) is 0 Å². The van der Waals surface area contributed by atoms with E-state index in [9.17, 15) is 0 Å². The van der Waals surface area contributed by atoms with Crippen LogP contribution in [0.3, 0.4) is 0 Å². The van der Waals surface area contributed by atoms with Crippen LogP contribution in [0, 0.1) is 0 Å². The maximum atomic E-state index is 3.85. The van der Waals surface area contributed by atoms with Gasteiger partial charge in [-0.2, -0.15) is 0 Å². The first kappa shape index (κ1) is 20.0. The lowest BCUT2D eigenvalue weighted by Crippen LogP contribution is -2.42. The summed E-state index contributed by atoms with van der Waals surface area (Å²) in [6.45, 7) is 4.44. The van der Waals surface area contributed by atoms with Gasteiger partial charge in [0.2, 0.25) is 0 Å². The number of aromatic amines is 1. The van der Waals surface area contributed by atoms with Crippen molar-refractivity contribution >= 4 is 10.9 Å². The molecule has 0 spiro atoms. The van der Waals surface area contributed by atoms with Crippen LogP contribution < -0.4 is 5.32 Å². The quantitative estimate of drug-likeness (QED) is 0.414. The van der Waals surface area contributed by atoms with Gasteiger partial charge < -0.3 is 10.3 Å². The number of benzene rings is 3. The molecule has 0 bridgehead atoms. The first-order chi connectivity index (χ1) is 15.4. The van der Waals surface area contributed by atoms with Gasteiger partial charge in [-0.15, -0.1) is 0 Å². The van der Waals surface area contributed by atoms with Crippen molar-refractivity contribution in [1.82, 2.24) is 15.2 Å². The van der Waals surface area contributed by atoms with Crippen LogP contribution in [0.4, 0.5) is 0 Å². The Balaban J connectivity index is 1.19. The van der Waals surface area contributed by atoms with Crippen LogP contribution in [0.25, 0.3) is 22.2 Å². The van der Waals surface area contributed by atoms with E-state index < -0.39 is 0 Å². The molecule has 158 valence electrons. The average molecular weight is 410 g/mol. The summed E-state index contributed by atoms with van der Waals surface area (Å²) in [4.78, 5) is 6.25. The fourth-order valence-corrected chi connectivity index (χ4v) is 4.85. The Morgan fingerprint density at radius 3 is 2.26 bits per heavy atom. The van der Waals surface area contributed by atoms with Gasteiger partial charge in [0.25, 0.3) is 0 Å². The number of hydrogen-bond acceptors (Lipinski definition) is 2. The lowest BCUT2D eigenvalue weighted by Gasteiger charge is -2.32. The topological polar surface area (TPSA) is 31.1 Å². The van der Waals surface area contributed by atoms with Crippen molar-refractivity contribution in [2.24, 2.45) is 0 Å².